The molecule has 0 amide bonds. The van der Waals surface area contributed by atoms with E-state index in [0.29, 0.717) is 5.92 Å². The van der Waals surface area contributed by atoms with Gasteiger partial charge in [-0.1, -0.05) is 43.2 Å². The molecule has 0 bridgehead atoms. The molecule has 0 heterocycles. The van der Waals surface area contributed by atoms with Crippen molar-refractivity contribution in [1.82, 2.24) is 5.32 Å². The Kier molecular flexibility index (Phi) is 5.56. The third-order valence-electron chi connectivity index (χ3n) is 3.28. The first-order valence-electron chi connectivity index (χ1n) is 6.68. The normalized spacial score (nSPS) is 13.8. The standard InChI is InChI=1S/C15H25NO2S/c1-11(2)15(16-5)10-19(17,18)9-14-7-12(3)6-13(4)8-14/h6-8,11,15-16H,9-10H2,1-5H3. The van der Waals surface area contributed by atoms with Crippen molar-refractivity contribution in [3.63, 3.8) is 0 Å². The molecule has 0 radical (unpaired) electrons. The Morgan fingerprint density at radius 3 is 2.05 bits per heavy atom. The van der Waals surface area contributed by atoms with Crippen LogP contribution in [0.15, 0.2) is 18.2 Å². The number of benzene rings is 1. The molecule has 4 heteroatoms. The van der Waals surface area contributed by atoms with E-state index in [2.05, 4.69) is 11.4 Å². The average molecular weight is 283 g/mol. The molecule has 1 unspecified atom stereocenters. The molecule has 1 N–H and O–H groups in total. The summed E-state index contributed by atoms with van der Waals surface area (Å²) in [5, 5.41) is 3.09. The molecule has 0 fully saturated rings. The van der Waals surface area contributed by atoms with E-state index in [4.69, 9.17) is 0 Å². The second-order valence-corrected chi connectivity index (χ2v) is 7.80. The summed E-state index contributed by atoms with van der Waals surface area (Å²) < 4.78 is 24.5. The van der Waals surface area contributed by atoms with Crippen molar-refractivity contribution < 1.29 is 8.42 Å². The van der Waals surface area contributed by atoms with E-state index in [1.54, 1.807) is 0 Å². The van der Waals surface area contributed by atoms with Gasteiger partial charge in [0.1, 0.15) is 0 Å². The fraction of sp³-hybridized carbons (Fsp3) is 0.600. The molecule has 1 aromatic carbocycles. The highest BCUT2D eigenvalue weighted by atomic mass is 32.2. The van der Waals surface area contributed by atoms with Crippen molar-refractivity contribution in [3.05, 3.63) is 34.9 Å². The minimum absolute atomic E-state index is 0.0101. The first-order valence-corrected chi connectivity index (χ1v) is 8.50. The number of sulfone groups is 1. The van der Waals surface area contributed by atoms with Crippen molar-refractivity contribution in [1.29, 1.82) is 0 Å². The highest BCUT2D eigenvalue weighted by Crippen LogP contribution is 2.14. The van der Waals surface area contributed by atoms with Gasteiger partial charge in [-0.15, -0.1) is 0 Å². The lowest BCUT2D eigenvalue weighted by Crippen LogP contribution is -2.37. The Balaban J connectivity index is 2.84. The Morgan fingerprint density at radius 1 is 1.11 bits per heavy atom. The zero-order chi connectivity index (χ0) is 14.6. The second-order valence-electron chi connectivity index (χ2n) is 5.69. The van der Waals surface area contributed by atoms with Gasteiger partial charge in [0.05, 0.1) is 11.5 Å². The van der Waals surface area contributed by atoms with Gasteiger partial charge in [0.15, 0.2) is 9.84 Å². The highest BCUT2D eigenvalue weighted by molar-refractivity contribution is 7.90. The third-order valence-corrected chi connectivity index (χ3v) is 4.92. The van der Waals surface area contributed by atoms with E-state index in [-0.39, 0.29) is 17.5 Å². The summed E-state index contributed by atoms with van der Waals surface area (Å²) in [6.07, 6.45) is 0. The van der Waals surface area contributed by atoms with Crippen LogP contribution in [0.5, 0.6) is 0 Å². The van der Waals surface area contributed by atoms with Gasteiger partial charge in [-0.25, -0.2) is 8.42 Å². The SMILES string of the molecule is CNC(CS(=O)(=O)Cc1cc(C)cc(C)c1)C(C)C. The molecule has 1 rings (SSSR count). The van der Waals surface area contributed by atoms with Gasteiger partial charge in [-0.2, -0.15) is 0 Å². The van der Waals surface area contributed by atoms with Gasteiger partial charge in [-0.05, 0) is 32.4 Å². The van der Waals surface area contributed by atoms with Crippen LogP contribution in [-0.2, 0) is 15.6 Å². The fourth-order valence-electron chi connectivity index (χ4n) is 2.35. The van der Waals surface area contributed by atoms with Crippen molar-refractivity contribution in [2.45, 2.75) is 39.5 Å². The molecule has 0 saturated heterocycles. The number of nitrogens with one attached hydrogen (secondary N) is 1. The van der Waals surface area contributed by atoms with E-state index in [1.807, 2.05) is 46.9 Å². The van der Waals surface area contributed by atoms with Crippen LogP contribution in [0.3, 0.4) is 0 Å². The lowest BCUT2D eigenvalue weighted by Gasteiger charge is -2.20. The molecule has 1 atom stereocenters. The summed E-state index contributed by atoms with van der Waals surface area (Å²) in [6.45, 7) is 8.06. The predicted molar refractivity (Wildman–Crippen MR) is 81.1 cm³/mol. The van der Waals surface area contributed by atoms with Crippen LogP contribution in [0.2, 0.25) is 0 Å². The zero-order valence-electron chi connectivity index (χ0n) is 12.5. The fourth-order valence-corrected chi connectivity index (χ4v) is 4.24. The van der Waals surface area contributed by atoms with Crippen molar-refractivity contribution in [3.8, 4) is 0 Å². The summed E-state index contributed by atoms with van der Waals surface area (Å²) in [4.78, 5) is 0. The van der Waals surface area contributed by atoms with Crippen LogP contribution in [-0.4, -0.2) is 27.3 Å². The second kappa shape index (κ2) is 6.53. The lowest BCUT2D eigenvalue weighted by atomic mass is 10.1. The van der Waals surface area contributed by atoms with E-state index in [0.717, 1.165) is 16.7 Å². The molecular weight excluding hydrogens is 258 g/mol. The largest absolute Gasteiger partial charge is 0.316 e. The summed E-state index contributed by atoms with van der Waals surface area (Å²) in [7, 11) is -1.27. The minimum Gasteiger partial charge on any atom is -0.316 e. The van der Waals surface area contributed by atoms with Crippen LogP contribution in [0.25, 0.3) is 0 Å². The van der Waals surface area contributed by atoms with E-state index in [9.17, 15) is 8.42 Å². The molecule has 0 spiro atoms. The molecule has 0 aliphatic carbocycles. The molecule has 108 valence electrons. The number of hydrogen-bond acceptors (Lipinski definition) is 3. The number of hydrogen-bond donors (Lipinski definition) is 1. The van der Waals surface area contributed by atoms with Crippen LogP contribution < -0.4 is 5.32 Å². The van der Waals surface area contributed by atoms with Crippen molar-refractivity contribution >= 4 is 9.84 Å². The number of aryl methyl sites for hydroxylation is 2. The predicted octanol–water partition coefficient (Wildman–Crippen LogP) is 2.46. The van der Waals surface area contributed by atoms with Crippen molar-refractivity contribution in [2.24, 2.45) is 5.92 Å². The molecule has 0 aliphatic rings. The topological polar surface area (TPSA) is 46.2 Å². The van der Waals surface area contributed by atoms with E-state index >= 15 is 0 Å². The third kappa shape index (κ3) is 5.33. The average Bonchev–Trinajstić information content (AvgIpc) is 2.23. The maximum Gasteiger partial charge on any atom is 0.155 e. The first-order chi connectivity index (χ1) is 8.73. The van der Waals surface area contributed by atoms with Crippen molar-refractivity contribution in [2.75, 3.05) is 12.8 Å². The highest BCUT2D eigenvalue weighted by Gasteiger charge is 2.21. The quantitative estimate of drug-likeness (QED) is 0.872. The molecule has 19 heavy (non-hydrogen) atoms. The van der Waals surface area contributed by atoms with Gasteiger partial charge < -0.3 is 5.32 Å². The summed E-state index contributed by atoms with van der Waals surface area (Å²) in [5.41, 5.74) is 3.11. The monoisotopic (exact) mass is 283 g/mol. The Hall–Kier alpha value is -0.870. The van der Waals surface area contributed by atoms with Crippen LogP contribution in [0.1, 0.15) is 30.5 Å². The molecular formula is C15H25NO2S. The summed E-state index contributed by atoms with van der Waals surface area (Å²) in [6, 6.07) is 5.97. The van der Waals surface area contributed by atoms with E-state index < -0.39 is 9.84 Å². The summed E-state index contributed by atoms with van der Waals surface area (Å²) in [5.74, 6) is 0.619. The Bertz CT molecular complexity index is 501. The van der Waals surface area contributed by atoms with Crippen LogP contribution in [0, 0.1) is 19.8 Å². The molecule has 0 aromatic heterocycles. The number of rotatable bonds is 6. The maximum absolute atomic E-state index is 12.3. The zero-order valence-corrected chi connectivity index (χ0v) is 13.3. The molecule has 3 nitrogen and oxygen atoms in total. The first kappa shape index (κ1) is 16.2. The Morgan fingerprint density at radius 2 is 1.63 bits per heavy atom. The molecule has 1 aromatic rings. The van der Waals surface area contributed by atoms with Gasteiger partial charge in [0.25, 0.3) is 0 Å². The summed E-state index contributed by atoms with van der Waals surface area (Å²) >= 11 is 0. The maximum atomic E-state index is 12.3. The Labute approximate surface area is 117 Å². The minimum atomic E-state index is -3.09. The van der Waals surface area contributed by atoms with Crippen LogP contribution in [0.4, 0.5) is 0 Å². The van der Waals surface area contributed by atoms with Gasteiger partial charge >= 0.3 is 0 Å². The van der Waals surface area contributed by atoms with Crippen LogP contribution >= 0.6 is 0 Å². The lowest BCUT2D eigenvalue weighted by molar-refractivity contribution is 0.455. The molecule has 0 aliphatic heterocycles. The van der Waals surface area contributed by atoms with Gasteiger partial charge in [-0.3, -0.25) is 0 Å². The van der Waals surface area contributed by atoms with E-state index in [1.165, 1.54) is 0 Å². The smallest absolute Gasteiger partial charge is 0.155 e. The van der Waals surface area contributed by atoms with Gasteiger partial charge in [0, 0.05) is 6.04 Å². The van der Waals surface area contributed by atoms with Gasteiger partial charge in [0.2, 0.25) is 0 Å². The molecule has 0 saturated carbocycles.